The van der Waals surface area contributed by atoms with Gasteiger partial charge < -0.3 is 20.1 Å². The number of ether oxygens (including phenoxy) is 2. The van der Waals surface area contributed by atoms with Crippen molar-refractivity contribution in [2.45, 2.75) is 47.1 Å². The van der Waals surface area contributed by atoms with Crippen molar-refractivity contribution in [1.29, 1.82) is 0 Å². The third-order valence-corrected chi connectivity index (χ3v) is 5.22. The van der Waals surface area contributed by atoms with E-state index < -0.39 is 0 Å². The van der Waals surface area contributed by atoms with E-state index in [1.165, 1.54) is 10.6 Å². The number of aromatic nitrogens is 1. The molecule has 2 rings (SSSR count). The van der Waals surface area contributed by atoms with Crippen LogP contribution in [-0.4, -0.2) is 43.9 Å². The minimum absolute atomic E-state index is 0.544. The molecule has 7 heteroatoms. The Morgan fingerprint density at radius 1 is 1.17 bits per heavy atom. The Balaban J connectivity index is 1.89. The fourth-order valence-corrected chi connectivity index (χ4v) is 3.57. The number of hydrogen-bond donors (Lipinski definition) is 2. The Morgan fingerprint density at radius 2 is 2.03 bits per heavy atom. The highest BCUT2D eigenvalue weighted by atomic mass is 32.1. The molecular formula is C22H34N4O2S. The van der Waals surface area contributed by atoms with Gasteiger partial charge in [0.05, 0.1) is 18.2 Å². The maximum Gasteiger partial charge on any atom is 0.191 e. The van der Waals surface area contributed by atoms with Crippen LogP contribution in [-0.2, 0) is 17.7 Å². The zero-order chi connectivity index (χ0) is 20.9. The van der Waals surface area contributed by atoms with E-state index in [1.807, 2.05) is 13.8 Å². The van der Waals surface area contributed by atoms with E-state index in [0.717, 1.165) is 48.9 Å². The molecule has 0 unspecified atom stereocenters. The lowest BCUT2D eigenvalue weighted by molar-refractivity contribution is 0.110. The third-order valence-electron chi connectivity index (χ3n) is 4.19. The second-order valence-corrected chi connectivity index (χ2v) is 7.71. The Hall–Kier alpha value is -2.12. The molecule has 160 valence electrons. The Labute approximate surface area is 178 Å². The highest BCUT2D eigenvalue weighted by molar-refractivity contribution is 7.09. The SMILES string of the molecule is CCNC(=NCc1ccc(C)cc1OCCOCC)NCCCc1nc(C)cs1. The predicted octanol–water partition coefficient (Wildman–Crippen LogP) is 3.86. The second-order valence-electron chi connectivity index (χ2n) is 6.76. The average molecular weight is 419 g/mol. The number of benzene rings is 1. The quantitative estimate of drug-likeness (QED) is 0.311. The van der Waals surface area contributed by atoms with E-state index in [0.29, 0.717) is 26.4 Å². The molecule has 0 aliphatic heterocycles. The summed E-state index contributed by atoms with van der Waals surface area (Å²) in [6.07, 6.45) is 2.01. The zero-order valence-electron chi connectivity index (χ0n) is 18.1. The number of nitrogens with zero attached hydrogens (tertiary/aromatic N) is 2. The largest absolute Gasteiger partial charge is 0.491 e. The third kappa shape index (κ3) is 8.83. The summed E-state index contributed by atoms with van der Waals surface area (Å²) in [5.74, 6) is 1.70. The smallest absolute Gasteiger partial charge is 0.191 e. The first-order valence-electron chi connectivity index (χ1n) is 10.4. The summed E-state index contributed by atoms with van der Waals surface area (Å²) >= 11 is 1.73. The van der Waals surface area contributed by atoms with Crippen LogP contribution >= 0.6 is 11.3 Å². The van der Waals surface area contributed by atoms with Crippen LogP contribution in [0.5, 0.6) is 5.75 Å². The van der Waals surface area contributed by atoms with Crippen molar-refractivity contribution in [1.82, 2.24) is 15.6 Å². The molecule has 1 heterocycles. The minimum Gasteiger partial charge on any atom is -0.491 e. The minimum atomic E-state index is 0.544. The molecule has 6 nitrogen and oxygen atoms in total. The molecule has 0 radical (unpaired) electrons. The van der Waals surface area contributed by atoms with Crippen molar-refractivity contribution in [3.05, 3.63) is 45.4 Å². The van der Waals surface area contributed by atoms with Crippen LogP contribution in [0.15, 0.2) is 28.6 Å². The fourth-order valence-electron chi connectivity index (χ4n) is 2.75. The van der Waals surface area contributed by atoms with Gasteiger partial charge in [0.1, 0.15) is 12.4 Å². The predicted molar refractivity (Wildman–Crippen MR) is 121 cm³/mol. The van der Waals surface area contributed by atoms with Crippen molar-refractivity contribution in [3.8, 4) is 5.75 Å². The van der Waals surface area contributed by atoms with Gasteiger partial charge in [0.25, 0.3) is 0 Å². The van der Waals surface area contributed by atoms with Crippen molar-refractivity contribution in [2.75, 3.05) is 32.9 Å². The van der Waals surface area contributed by atoms with Crippen LogP contribution in [0.2, 0.25) is 0 Å². The van der Waals surface area contributed by atoms with Crippen molar-refractivity contribution in [2.24, 2.45) is 4.99 Å². The summed E-state index contributed by atoms with van der Waals surface area (Å²) in [4.78, 5) is 9.25. The van der Waals surface area contributed by atoms with Gasteiger partial charge in [-0.1, -0.05) is 12.1 Å². The zero-order valence-corrected chi connectivity index (χ0v) is 18.9. The summed E-state index contributed by atoms with van der Waals surface area (Å²) in [5.41, 5.74) is 3.35. The molecular weight excluding hydrogens is 384 g/mol. The lowest BCUT2D eigenvalue weighted by atomic mass is 10.1. The monoisotopic (exact) mass is 418 g/mol. The van der Waals surface area contributed by atoms with Crippen LogP contribution in [0.3, 0.4) is 0 Å². The van der Waals surface area contributed by atoms with Gasteiger partial charge in [-0.3, -0.25) is 0 Å². The average Bonchev–Trinajstić information content (AvgIpc) is 3.12. The molecule has 0 aliphatic carbocycles. The second kappa shape index (κ2) is 13.2. The molecule has 0 saturated carbocycles. The van der Waals surface area contributed by atoms with Crippen molar-refractivity contribution < 1.29 is 9.47 Å². The number of rotatable bonds is 12. The molecule has 29 heavy (non-hydrogen) atoms. The molecule has 0 saturated heterocycles. The van der Waals surface area contributed by atoms with Gasteiger partial charge in [0.2, 0.25) is 0 Å². The lowest BCUT2D eigenvalue weighted by Crippen LogP contribution is -2.37. The normalized spacial score (nSPS) is 11.5. The molecule has 0 spiro atoms. The van der Waals surface area contributed by atoms with Crippen LogP contribution < -0.4 is 15.4 Å². The lowest BCUT2D eigenvalue weighted by Gasteiger charge is -2.13. The van der Waals surface area contributed by atoms with Crippen LogP contribution in [0.1, 0.15) is 42.1 Å². The molecule has 0 atom stereocenters. The van der Waals surface area contributed by atoms with Crippen molar-refractivity contribution >= 4 is 17.3 Å². The van der Waals surface area contributed by atoms with Gasteiger partial charge in [-0.25, -0.2) is 9.98 Å². The Kier molecular flexibility index (Phi) is 10.5. The molecule has 1 aromatic carbocycles. The number of guanidine groups is 1. The molecule has 2 aromatic rings. The van der Waals surface area contributed by atoms with E-state index in [2.05, 4.69) is 53.0 Å². The van der Waals surface area contributed by atoms with E-state index >= 15 is 0 Å². The number of aryl methyl sites for hydroxylation is 3. The van der Waals surface area contributed by atoms with Gasteiger partial charge in [-0.2, -0.15) is 0 Å². The molecule has 0 aliphatic rings. The summed E-state index contributed by atoms with van der Waals surface area (Å²) in [7, 11) is 0. The summed E-state index contributed by atoms with van der Waals surface area (Å²) in [6, 6.07) is 6.24. The maximum absolute atomic E-state index is 5.92. The van der Waals surface area contributed by atoms with E-state index in [9.17, 15) is 0 Å². The van der Waals surface area contributed by atoms with E-state index in [1.54, 1.807) is 11.3 Å². The first-order valence-corrected chi connectivity index (χ1v) is 11.2. The van der Waals surface area contributed by atoms with Gasteiger partial charge in [-0.05, 0) is 45.7 Å². The van der Waals surface area contributed by atoms with Crippen LogP contribution in [0.4, 0.5) is 0 Å². The highest BCUT2D eigenvalue weighted by Crippen LogP contribution is 2.21. The molecule has 0 amide bonds. The van der Waals surface area contributed by atoms with Gasteiger partial charge in [-0.15, -0.1) is 11.3 Å². The molecule has 0 fully saturated rings. The van der Waals surface area contributed by atoms with Crippen LogP contribution in [0, 0.1) is 13.8 Å². The number of hydrogen-bond acceptors (Lipinski definition) is 5. The highest BCUT2D eigenvalue weighted by Gasteiger charge is 2.06. The number of thiazole rings is 1. The molecule has 0 bridgehead atoms. The first-order chi connectivity index (χ1) is 14.1. The van der Waals surface area contributed by atoms with Crippen molar-refractivity contribution in [3.63, 3.8) is 0 Å². The Morgan fingerprint density at radius 3 is 2.76 bits per heavy atom. The number of nitrogens with one attached hydrogen (secondary N) is 2. The summed E-state index contributed by atoms with van der Waals surface area (Å²) in [6.45, 7) is 12.2. The standard InChI is InChI=1S/C22H34N4O2S/c1-5-23-22(24-11-7-8-21-26-18(4)16-29-21)25-15-19-10-9-17(3)14-20(19)28-13-12-27-6-2/h9-10,14,16H,5-8,11-13,15H2,1-4H3,(H2,23,24,25). The molecule has 1 aromatic heterocycles. The first kappa shape index (κ1) is 23.2. The van der Waals surface area contributed by atoms with E-state index in [-0.39, 0.29) is 0 Å². The van der Waals surface area contributed by atoms with E-state index in [4.69, 9.17) is 14.5 Å². The van der Waals surface area contributed by atoms with Gasteiger partial charge in [0, 0.05) is 42.8 Å². The topological polar surface area (TPSA) is 67.8 Å². The molecule has 2 N–H and O–H groups in total. The van der Waals surface area contributed by atoms with Crippen LogP contribution in [0.25, 0.3) is 0 Å². The fraction of sp³-hybridized carbons (Fsp3) is 0.545. The Bertz CT molecular complexity index is 761. The summed E-state index contributed by atoms with van der Waals surface area (Å²) in [5, 5.41) is 10.0. The van der Waals surface area contributed by atoms with Gasteiger partial charge in [0.15, 0.2) is 5.96 Å². The van der Waals surface area contributed by atoms with Gasteiger partial charge >= 0.3 is 0 Å². The number of aliphatic imine (C=N–C) groups is 1. The maximum atomic E-state index is 5.92. The summed E-state index contributed by atoms with van der Waals surface area (Å²) < 4.78 is 11.3.